The van der Waals surface area contributed by atoms with E-state index in [1.165, 1.54) is 18.4 Å². The molecule has 9 nitrogen and oxygen atoms in total. The van der Waals surface area contributed by atoms with E-state index in [0.717, 1.165) is 17.0 Å². The van der Waals surface area contributed by atoms with Crippen molar-refractivity contribution in [1.82, 2.24) is 29.5 Å². The molecule has 0 radical (unpaired) electrons. The number of halogens is 1. The molecule has 0 aliphatic heterocycles. The van der Waals surface area contributed by atoms with Crippen LogP contribution in [0.1, 0.15) is 18.3 Å². The first-order valence-electron chi connectivity index (χ1n) is 9.24. The van der Waals surface area contributed by atoms with Crippen LogP contribution in [0, 0.1) is 0 Å². The SMILES string of the molecule is CCNC(=NCc1ccc(S(=O)(=O)N(C)C)cc1)NCc1nnc2ccccn12.I. The molecule has 0 fully saturated rings. The number of hydrogen-bond donors (Lipinski definition) is 2. The Labute approximate surface area is 193 Å². The van der Waals surface area contributed by atoms with Crippen LogP contribution in [0.2, 0.25) is 0 Å². The molecule has 0 spiro atoms. The molecule has 0 bridgehead atoms. The quantitative estimate of drug-likeness (QED) is 0.268. The third-order valence-electron chi connectivity index (χ3n) is 4.26. The second-order valence-corrected chi connectivity index (χ2v) is 8.68. The second-order valence-electron chi connectivity index (χ2n) is 6.53. The zero-order chi connectivity index (χ0) is 20.9. The van der Waals surface area contributed by atoms with E-state index in [1.807, 2.05) is 35.7 Å². The summed E-state index contributed by atoms with van der Waals surface area (Å²) in [5.74, 6) is 1.43. The van der Waals surface area contributed by atoms with E-state index in [4.69, 9.17) is 0 Å². The lowest BCUT2D eigenvalue weighted by molar-refractivity contribution is 0.520. The molecule has 30 heavy (non-hydrogen) atoms. The van der Waals surface area contributed by atoms with Crippen LogP contribution in [0.4, 0.5) is 0 Å². The van der Waals surface area contributed by atoms with Gasteiger partial charge in [0.05, 0.1) is 18.0 Å². The lowest BCUT2D eigenvalue weighted by Crippen LogP contribution is -2.37. The van der Waals surface area contributed by atoms with E-state index in [-0.39, 0.29) is 28.9 Å². The smallest absolute Gasteiger partial charge is 0.242 e. The maximum Gasteiger partial charge on any atom is 0.242 e. The molecule has 162 valence electrons. The van der Waals surface area contributed by atoms with Gasteiger partial charge in [-0.05, 0) is 36.8 Å². The summed E-state index contributed by atoms with van der Waals surface area (Å²) in [5.41, 5.74) is 1.70. The number of sulfonamides is 1. The molecule has 0 amide bonds. The van der Waals surface area contributed by atoms with Gasteiger partial charge in [-0.1, -0.05) is 18.2 Å². The lowest BCUT2D eigenvalue weighted by Gasteiger charge is -2.12. The molecule has 0 unspecified atom stereocenters. The Morgan fingerprint density at radius 1 is 1.10 bits per heavy atom. The van der Waals surface area contributed by atoms with Gasteiger partial charge >= 0.3 is 0 Å². The summed E-state index contributed by atoms with van der Waals surface area (Å²) in [4.78, 5) is 4.83. The number of benzene rings is 1. The highest BCUT2D eigenvalue weighted by atomic mass is 127. The molecule has 0 aliphatic rings. The van der Waals surface area contributed by atoms with Crippen molar-refractivity contribution in [3.8, 4) is 0 Å². The summed E-state index contributed by atoms with van der Waals surface area (Å²) in [6, 6.07) is 12.5. The van der Waals surface area contributed by atoms with Crippen molar-refractivity contribution in [3.63, 3.8) is 0 Å². The number of aromatic nitrogens is 3. The van der Waals surface area contributed by atoms with Crippen molar-refractivity contribution >= 4 is 45.6 Å². The van der Waals surface area contributed by atoms with E-state index >= 15 is 0 Å². The number of guanidine groups is 1. The number of hydrogen-bond acceptors (Lipinski definition) is 5. The molecule has 2 heterocycles. The molecule has 1 aromatic carbocycles. The zero-order valence-corrected chi connectivity index (χ0v) is 20.3. The van der Waals surface area contributed by atoms with Crippen LogP contribution in [0.25, 0.3) is 5.65 Å². The molecule has 2 aromatic heterocycles. The average Bonchev–Trinajstić information content (AvgIpc) is 3.13. The fourth-order valence-electron chi connectivity index (χ4n) is 2.66. The zero-order valence-electron chi connectivity index (χ0n) is 17.1. The highest BCUT2D eigenvalue weighted by Gasteiger charge is 2.16. The maximum atomic E-state index is 12.2. The Kier molecular flexibility index (Phi) is 8.55. The molecule has 2 N–H and O–H groups in total. The van der Waals surface area contributed by atoms with Gasteiger partial charge in [0.1, 0.15) is 0 Å². The van der Waals surface area contributed by atoms with Gasteiger partial charge in [0, 0.05) is 26.8 Å². The summed E-state index contributed by atoms with van der Waals surface area (Å²) < 4.78 is 27.4. The lowest BCUT2D eigenvalue weighted by atomic mass is 10.2. The number of nitrogens with zero attached hydrogens (tertiary/aromatic N) is 5. The predicted molar refractivity (Wildman–Crippen MR) is 127 cm³/mol. The molecule has 0 aliphatic carbocycles. The van der Waals surface area contributed by atoms with E-state index in [1.54, 1.807) is 24.3 Å². The van der Waals surface area contributed by atoms with Crippen LogP contribution in [0.5, 0.6) is 0 Å². The minimum absolute atomic E-state index is 0. The van der Waals surface area contributed by atoms with E-state index in [2.05, 4.69) is 25.8 Å². The van der Waals surface area contributed by atoms with Crippen molar-refractivity contribution in [3.05, 3.63) is 60.0 Å². The van der Waals surface area contributed by atoms with Crippen molar-refractivity contribution in [2.45, 2.75) is 24.9 Å². The normalized spacial score (nSPS) is 12.1. The summed E-state index contributed by atoms with van der Waals surface area (Å²) >= 11 is 0. The number of rotatable bonds is 7. The van der Waals surface area contributed by atoms with Crippen LogP contribution in [-0.4, -0.2) is 53.9 Å². The molecular formula is C19H26IN7O2S. The van der Waals surface area contributed by atoms with E-state index in [9.17, 15) is 8.42 Å². The fourth-order valence-corrected chi connectivity index (χ4v) is 3.57. The van der Waals surface area contributed by atoms with Crippen LogP contribution < -0.4 is 10.6 Å². The van der Waals surface area contributed by atoms with Crippen LogP contribution >= 0.6 is 24.0 Å². The van der Waals surface area contributed by atoms with Gasteiger partial charge in [-0.15, -0.1) is 34.2 Å². The van der Waals surface area contributed by atoms with E-state index in [0.29, 0.717) is 25.6 Å². The van der Waals surface area contributed by atoms with Gasteiger partial charge in [-0.3, -0.25) is 4.40 Å². The maximum absolute atomic E-state index is 12.2. The van der Waals surface area contributed by atoms with Crippen LogP contribution in [0.15, 0.2) is 58.5 Å². The van der Waals surface area contributed by atoms with Gasteiger partial charge in [0.2, 0.25) is 10.0 Å². The predicted octanol–water partition coefficient (Wildman–Crippen LogP) is 1.85. The molecule has 3 rings (SSSR count). The summed E-state index contributed by atoms with van der Waals surface area (Å²) in [6.07, 6.45) is 1.92. The third kappa shape index (κ3) is 5.67. The molecule has 11 heteroatoms. The standard InChI is InChI=1S/C19H25N7O2S.HI/c1-4-20-19(22-14-18-24-23-17-7-5-6-12-26(17)18)21-13-15-8-10-16(11-9-15)29(27,28)25(2)3;/h5-12H,4,13-14H2,1-3H3,(H2,20,21,22);1H. The number of fused-ring (bicyclic) bond motifs is 1. The largest absolute Gasteiger partial charge is 0.357 e. The highest BCUT2D eigenvalue weighted by Crippen LogP contribution is 2.14. The monoisotopic (exact) mass is 543 g/mol. The second kappa shape index (κ2) is 10.7. The average molecular weight is 543 g/mol. The van der Waals surface area contributed by atoms with Gasteiger partial charge in [-0.25, -0.2) is 17.7 Å². The third-order valence-corrected chi connectivity index (χ3v) is 6.09. The fraction of sp³-hybridized carbons (Fsp3) is 0.316. The Morgan fingerprint density at radius 2 is 1.83 bits per heavy atom. The molecule has 0 saturated carbocycles. The van der Waals surface area contributed by atoms with Crippen LogP contribution in [-0.2, 0) is 23.1 Å². The minimum atomic E-state index is -3.43. The Morgan fingerprint density at radius 3 is 2.50 bits per heavy atom. The van der Waals surface area contributed by atoms with Gasteiger partial charge in [0.15, 0.2) is 17.4 Å². The van der Waals surface area contributed by atoms with Crippen molar-refractivity contribution in [2.24, 2.45) is 4.99 Å². The van der Waals surface area contributed by atoms with Crippen LogP contribution in [0.3, 0.4) is 0 Å². The number of pyridine rings is 1. The van der Waals surface area contributed by atoms with Crippen molar-refractivity contribution in [2.75, 3.05) is 20.6 Å². The number of nitrogens with one attached hydrogen (secondary N) is 2. The Balaban J connectivity index is 0.00000320. The topological polar surface area (TPSA) is 104 Å². The Hall–Kier alpha value is -2.25. The number of aliphatic imine (C=N–C) groups is 1. The first-order chi connectivity index (χ1) is 13.9. The first-order valence-corrected chi connectivity index (χ1v) is 10.7. The van der Waals surface area contributed by atoms with Crippen molar-refractivity contribution < 1.29 is 8.42 Å². The minimum Gasteiger partial charge on any atom is -0.357 e. The van der Waals surface area contributed by atoms with Gasteiger partial charge in [-0.2, -0.15) is 0 Å². The Bertz CT molecular complexity index is 1100. The van der Waals surface area contributed by atoms with Crippen molar-refractivity contribution in [1.29, 1.82) is 0 Å². The molecule has 0 atom stereocenters. The van der Waals surface area contributed by atoms with Gasteiger partial charge in [0.25, 0.3) is 0 Å². The summed E-state index contributed by atoms with van der Waals surface area (Å²) in [5, 5.41) is 14.8. The summed E-state index contributed by atoms with van der Waals surface area (Å²) in [6.45, 7) is 3.59. The van der Waals surface area contributed by atoms with E-state index < -0.39 is 10.0 Å². The molecule has 0 saturated heterocycles. The summed E-state index contributed by atoms with van der Waals surface area (Å²) in [7, 11) is -0.399. The highest BCUT2D eigenvalue weighted by molar-refractivity contribution is 14.0. The molecule has 3 aromatic rings. The molecular weight excluding hydrogens is 517 g/mol. The first kappa shape index (κ1) is 24.0. The van der Waals surface area contributed by atoms with Gasteiger partial charge < -0.3 is 10.6 Å².